The predicted molar refractivity (Wildman–Crippen MR) is 77.7 cm³/mol. The second kappa shape index (κ2) is 6.55. The highest BCUT2D eigenvalue weighted by molar-refractivity contribution is 5.90. The lowest BCUT2D eigenvalue weighted by molar-refractivity contribution is -0.138. The number of benzene rings is 1. The zero-order valence-corrected chi connectivity index (χ0v) is 11.8. The number of carboxylic acids is 1. The second-order valence-electron chi connectivity index (χ2n) is 5.57. The Bertz CT molecular complexity index is 477. The molecule has 1 atom stereocenters. The number of aliphatic carboxylic acids is 1. The monoisotopic (exact) mass is 275 g/mol. The topological polar surface area (TPSA) is 66.4 Å². The molecule has 1 amide bonds. The van der Waals surface area contributed by atoms with Crippen molar-refractivity contribution in [3.05, 3.63) is 29.8 Å². The van der Waals surface area contributed by atoms with Crippen molar-refractivity contribution in [2.75, 3.05) is 5.32 Å². The van der Waals surface area contributed by atoms with E-state index in [-0.39, 0.29) is 5.91 Å². The molecule has 0 aliphatic heterocycles. The molecule has 0 radical (unpaired) electrons. The zero-order valence-electron chi connectivity index (χ0n) is 11.8. The molecule has 1 unspecified atom stereocenters. The van der Waals surface area contributed by atoms with Crippen LogP contribution in [0, 0.1) is 5.92 Å². The van der Waals surface area contributed by atoms with E-state index in [1.165, 1.54) is 19.3 Å². The quantitative estimate of drug-likeness (QED) is 0.836. The first kappa shape index (κ1) is 14.6. The summed E-state index contributed by atoms with van der Waals surface area (Å²) in [4.78, 5) is 22.7. The Labute approximate surface area is 119 Å². The van der Waals surface area contributed by atoms with Gasteiger partial charge in [-0.15, -0.1) is 0 Å². The lowest BCUT2D eigenvalue weighted by Crippen LogP contribution is -2.17. The van der Waals surface area contributed by atoms with E-state index in [9.17, 15) is 9.59 Å². The van der Waals surface area contributed by atoms with Gasteiger partial charge in [0.2, 0.25) is 5.91 Å². The summed E-state index contributed by atoms with van der Waals surface area (Å²) in [5.41, 5.74) is 1.47. The first-order valence-corrected chi connectivity index (χ1v) is 7.19. The summed E-state index contributed by atoms with van der Waals surface area (Å²) in [6.07, 6.45) is 5.36. The zero-order chi connectivity index (χ0) is 14.5. The number of rotatable bonds is 6. The van der Waals surface area contributed by atoms with Gasteiger partial charge in [-0.05, 0) is 37.0 Å². The average Bonchev–Trinajstić information content (AvgIpc) is 2.37. The van der Waals surface area contributed by atoms with Crippen LogP contribution in [0.4, 0.5) is 5.69 Å². The first-order chi connectivity index (χ1) is 9.56. The van der Waals surface area contributed by atoms with E-state index in [2.05, 4.69) is 5.32 Å². The Morgan fingerprint density at radius 1 is 1.30 bits per heavy atom. The third-order valence-corrected chi connectivity index (χ3v) is 4.07. The molecule has 4 heteroatoms. The maximum Gasteiger partial charge on any atom is 0.310 e. The Morgan fingerprint density at radius 2 is 1.95 bits per heavy atom. The second-order valence-corrected chi connectivity index (χ2v) is 5.57. The minimum atomic E-state index is -0.845. The highest BCUT2D eigenvalue weighted by Crippen LogP contribution is 2.30. The van der Waals surface area contributed by atoms with Gasteiger partial charge in [0.25, 0.3) is 0 Å². The average molecular weight is 275 g/mol. The standard InChI is InChI=1S/C16H21NO3/c1-11(16(19)20)13-6-8-14(9-7-13)17-15(18)10-5-12-3-2-4-12/h6-9,11-12H,2-5,10H2,1H3,(H,17,18)(H,19,20). The summed E-state index contributed by atoms with van der Waals surface area (Å²) in [5, 5.41) is 11.8. The maximum absolute atomic E-state index is 11.8. The van der Waals surface area contributed by atoms with Crippen LogP contribution >= 0.6 is 0 Å². The fraction of sp³-hybridized carbons (Fsp3) is 0.500. The number of carbonyl (C=O) groups excluding carboxylic acids is 1. The third-order valence-electron chi connectivity index (χ3n) is 4.07. The summed E-state index contributed by atoms with van der Waals surface area (Å²) < 4.78 is 0. The van der Waals surface area contributed by atoms with Gasteiger partial charge in [-0.1, -0.05) is 31.4 Å². The van der Waals surface area contributed by atoms with Crippen LogP contribution in [-0.4, -0.2) is 17.0 Å². The van der Waals surface area contributed by atoms with Crippen LogP contribution in [0.1, 0.15) is 50.5 Å². The molecule has 2 N–H and O–H groups in total. The van der Waals surface area contributed by atoms with E-state index in [1.54, 1.807) is 31.2 Å². The summed E-state index contributed by atoms with van der Waals surface area (Å²) >= 11 is 0. The molecular formula is C16H21NO3. The predicted octanol–water partition coefficient (Wildman–Crippen LogP) is 3.39. The van der Waals surface area contributed by atoms with Gasteiger partial charge in [0.15, 0.2) is 0 Å². The Kier molecular flexibility index (Phi) is 4.77. The molecule has 1 aromatic rings. The molecule has 1 aliphatic rings. The Hall–Kier alpha value is -1.84. The van der Waals surface area contributed by atoms with Crippen molar-refractivity contribution in [2.45, 2.75) is 44.9 Å². The van der Waals surface area contributed by atoms with Crippen molar-refractivity contribution in [2.24, 2.45) is 5.92 Å². The van der Waals surface area contributed by atoms with Crippen LogP contribution in [0.3, 0.4) is 0 Å². The van der Waals surface area contributed by atoms with Crippen molar-refractivity contribution in [1.29, 1.82) is 0 Å². The SMILES string of the molecule is CC(C(=O)O)c1ccc(NC(=O)CCC2CCC2)cc1. The number of amides is 1. The number of carboxylic acid groups (broad SMARTS) is 1. The van der Waals surface area contributed by atoms with E-state index in [0.29, 0.717) is 6.42 Å². The van der Waals surface area contributed by atoms with Gasteiger partial charge >= 0.3 is 5.97 Å². The molecule has 0 heterocycles. The molecule has 1 fully saturated rings. The van der Waals surface area contributed by atoms with Crippen LogP contribution < -0.4 is 5.32 Å². The molecular weight excluding hydrogens is 254 g/mol. The summed E-state index contributed by atoms with van der Waals surface area (Å²) in [6, 6.07) is 7.02. The van der Waals surface area contributed by atoms with Gasteiger partial charge in [0, 0.05) is 12.1 Å². The van der Waals surface area contributed by atoms with Crippen LogP contribution in [0.15, 0.2) is 24.3 Å². The van der Waals surface area contributed by atoms with Crippen molar-refractivity contribution in [3.8, 4) is 0 Å². The van der Waals surface area contributed by atoms with Gasteiger partial charge in [-0.25, -0.2) is 0 Å². The van der Waals surface area contributed by atoms with Crippen LogP contribution in [0.2, 0.25) is 0 Å². The number of hydrogen-bond acceptors (Lipinski definition) is 2. The number of nitrogens with one attached hydrogen (secondary N) is 1. The summed E-state index contributed by atoms with van der Waals surface area (Å²) in [7, 11) is 0. The molecule has 2 rings (SSSR count). The molecule has 0 spiro atoms. The lowest BCUT2D eigenvalue weighted by Gasteiger charge is -2.24. The summed E-state index contributed by atoms with van der Waals surface area (Å²) in [5.74, 6) is -0.601. The van der Waals surface area contributed by atoms with Gasteiger partial charge in [0.1, 0.15) is 0 Å². The third kappa shape index (κ3) is 3.83. The number of carbonyl (C=O) groups is 2. The highest BCUT2D eigenvalue weighted by atomic mass is 16.4. The molecule has 0 aromatic heterocycles. The van der Waals surface area contributed by atoms with E-state index in [0.717, 1.165) is 23.6 Å². The van der Waals surface area contributed by atoms with Gasteiger partial charge in [0.05, 0.1) is 5.92 Å². The molecule has 108 valence electrons. The van der Waals surface area contributed by atoms with Crippen molar-refractivity contribution in [3.63, 3.8) is 0 Å². The van der Waals surface area contributed by atoms with E-state index in [1.807, 2.05) is 0 Å². The number of anilines is 1. The van der Waals surface area contributed by atoms with E-state index >= 15 is 0 Å². The molecule has 1 aromatic carbocycles. The van der Waals surface area contributed by atoms with E-state index < -0.39 is 11.9 Å². The van der Waals surface area contributed by atoms with E-state index in [4.69, 9.17) is 5.11 Å². The molecule has 1 saturated carbocycles. The fourth-order valence-corrected chi connectivity index (χ4v) is 2.34. The Morgan fingerprint density at radius 3 is 2.45 bits per heavy atom. The van der Waals surface area contributed by atoms with Crippen molar-refractivity contribution in [1.82, 2.24) is 0 Å². The van der Waals surface area contributed by atoms with Crippen molar-refractivity contribution < 1.29 is 14.7 Å². The first-order valence-electron chi connectivity index (χ1n) is 7.19. The minimum Gasteiger partial charge on any atom is -0.481 e. The lowest BCUT2D eigenvalue weighted by atomic mass is 9.82. The molecule has 20 heavy (non-hydrogen) atoms. The van der Waals surface area contributed by atoms with Crippen molar-refractivity contribution >= 4 is 17.6 Å². The van der Waals surface area contributed by atoms with Gasteiger partial charge < -0.3 is 10.4 Å². The molecule has 0 saturated heterocycles. The van der Waals surface area contributed by atoms with Crippen LogP contribution in [0.5, 0.6) is 0 Å². The largest absolute Gasteiger partial charge is 0.481 e. The highest BCUT2D eigenvalue weighted by Gasteiger charge is 2.18. The smallest absolute Gasteiger partial charge is 0.310 e. The Balaban J connectivity index is 1.83. The normalized spacial score (nSPS) is 16.2. The van der Waals surface area contributed by atoms with Crippen LogP contribution in [-0.2, 0) is 9.59 Å². The molecule has 1 aliphatic carbocycles. The molecule has 4 nitrogen and oxygen atoms in total. The van der Waals surface area contributed by atoms with Crippen LogP contribution in [0.25, 0.3) is 0 Å². The van der Waals surface area contributed by atoms with Gasteiger partial charge in [-0.3, -0.25) is 9.59 Å². The maximum atomic E-state index is 11.8. The fourth-order valence-electron chi connectivity index (χ4n) is 2.34. The number of hydrogen-bond donors (Lipinski definition) is 2. The molecule has 0 bridgehead atoms. The minimum absolute atomic E-state index is 0.0379. The summed E-state index contributed by atoms with van der Waals surface area (Å²) in [6.45, 7) is 1.65. The van der Waals surface area contributed by atoms with Gasteiger partial charge in [-0.2, -0.15) is 0 Å².